The van der Waals surface area contributed by atoms with Crippen LogP contribution in [0.3, 0.4) is 0 Å². The van der Waals surface area contributed by atoms with E-state index < -0.39 is 0 Å². The molecule has 174 valence electrons. The molecule has 2 aromatic rings. The molecule has 1 fully saturated rings. The fraction of sp³-hybridized carbons (Fsp3) is 0.567. The van der Waals surface area contributed by atoms with Crippen molar-refractivity contribution in [2.45, 2.75) is 103 Å². The van der Waals surface area contributed by atoms with E-state index in [0.29, 0.717) is 24.9 Å². The molecule has 1 saturated carbocycles. The summed E-state index contributed by atoms with van der Waals surface area (Å²) in [5.41, 5.74) is 3.99. The first-order valence-electron chi connectivity index (χ1n) is 12.8. The van der Waals surface area contributed by atoms with Gasteiger partial charge in [-0.25, -0.2) is 0 Å². The van der Waals surface area contributed by atoms with Gasteiger partial charge >= 0.3 is 0 Å². The first-order valence-corrected chi connectivity index (χ1v) is 12.8. The topological polar surface area (TPSA) is 26.3 Å². The van der Waals surface area contributed by atoms with E-state index in [-0.39, 0.29) is 5.41 Å². The number of unbranched alkanes of at least 4 members (excludes halogenated alkanes) is 3. The molecule has 0 heterocycles. The molecule has 2 aromatic carbocycles. The zero-order valence-corrected chi connectivity index (χ0v) is 20.4. The Morgan fingerprint density at radius 2 is 1.78 bits per heavy atom. The number of rotatable bonds is 12. The fourth-order valence-corrected chi connectivity index (χ4v) is 5.28. The van der Waals surface area contributed by atoms with Crippen LogP contribution in [0.4, 0.5) is 0 Å². The van der Waals surface area contributed by atoms with Crippen LogP contribution in [0.1, 0.15) is 108 Å². The van der Waals surface area contributed by atoms with E-state index in [4.69, 9.17) is 4.74 Å². The van der Waals surface area contributed by atoms with E-state index in [1.807, 2.05) is 6.07 Å². The van der Waals surface area contributed by atoms with Crippen molar-refractivity contribution in [3.63, 3.8) is 0 Å². The number of carbonyl (C=O) groups excluding carboxylic acids is 1. The second kappa shape index (κ2) is 12.2. The summed E-state index contributed by atoms with van der Waals surface area (Å²) in [6, 6.07) is 17.4. The van der Waals surface area contributed by atoms with Crippen molar-refractivity contribution >= 4 is 6.29 Å². The highest BCUT2D eigenvalue weighted by Crippen LogP contribution is 2.44. The van der Waals surface area contributed by atoms with Gasteiger partial charge in [0.1, 0.15) is 18.6 Å². The van der Waals surface area contributed by atoms with Gasteiger partial charge in [-0.2, -0.15) is 0 Å². The molecule has 0 spiro atoms. The standard InChI is InChI=1S/C30H42O2/c1-4-5-6-12-20-30(2,3)26-17-18-28(27-16-11-10-15-25(27)19-21-31)29(22-26)32-23-24-13-8-7-9-14-24/h7-9,13-14,17-18,21-22,25,27H,4-6,10-12,15-16,19-20,23H2,1-3H3. The van der Waals surface area contributed by atoms with Crippen LogP contribution >= 0.6 is 0 Å². The molecule has 0 radical (unpaired) electrons. The van der Waals surface area contributed by atoms with Crippen molar-refractivity contribution in [2.24, 2.45) is 5.92 Å². The van der Waals surface area contributed by atoms with Crippen LogP contribution in [0.5, 0.6) is 5.75 Å². The fourth-order valence-electron chi connectivity index (χ4n) is 5.28. The number of hydrogen-bond donors (Lipinski definition) is 0. The molecule has 1 aliphatic carbocycles. The summed E-state index contributed by atoms with van der Waals surface area (Å²) < 4.78 is 6.49. The maximum absolute atomic E-state index is 11.3. The molecule has 2 heteroatoms. The molecule has 0 bridgehead atoms. The Morgan fingerprint density at radius 1 is 1.00 bits per heavy atom. The van der Waals surface area contributed by atoms with Crippen LogP contribution in [0, 0.1) is 5.92 Å². The quantitative estimate of drug-likeness (QED) is 0.248. The minimum atomic E-state index is 0.131. The molecule has 0 aliphatic heterocycles. The van der Waals surface area contributed by atoms with Crippen LogP contribution in [-0.4, -0.2) is 6.29 Å². The van der Waals surface area contributed by atoms with Gasteiger partial charge in [0.2, 0.25) is 0 Å². The van der Waals surface area contributed by atoms with E-state index in [0.717, 1.165) is 24.9 Å². The normalized spacial score (nSPS) is 19.0. The van der Waals surface area contributed by atoms with Crippen LogP contribution in [0.15, 0.2) is 48.5 Å². The smallest absolute Gasteiger partial charge is 0.123 e. The maximum atomic E-state index is 11.3. The van der Waals surface area contributed by atoms with Crippen LogP contribution in [-0.2, 0) is 16.8 Å². The Balaban J connectivity index is 1.86. The van der Waals surface area contributed by atoms with Gasteiger partial charge in [0, 0.05) is 6.42 Å². The summed E-state index contributed by atoms with van der Waals surface area (Å²) in [4.78, 5) is 11.3. The summed E-state index contributed by atoms with van der Waals surface area (Å²) >= 11 is 0. The van der Waals surface area contributed by atoms with Crippen molar-refractivity contribution < 1.29 is 9.53 Å². The van der Waals surface area contributed by atoms with Gasteiger partial charge in [0.25, 0.3) is 0 Å². The predicted octanol–water partition coefficient (Wildman–Crippen LogP) is 8.38. The Labute approximate surface area is 195 Å². The molecule has 32 heavy (non-hydrogen) atoms. The minimum absolute atomic E-state index is 0.131. The van der Waals surface area contributed by atoms with E-state index in [1.165, 1.54) is 61.6 Å². The number of ether oxygens (including phenoxy) is 1. The van der Waals surface area contributed by atoms with Crippen LogP contribution < -0.4 is 4.74 Å². The highest BCUT2D eigenvalue weighted by atomic mass is 16.5. The van der Waals surface area contributed by atoms with Gasteiger partial charge in [0.15, 0.2) is 0 Å². The molecule has 0 aromatic heterocycles. The zero-order chi connectivity index (χ0) is 22.8. The lowest BCUT2D eigenvalue weighted by molar-refractivity contribution is -0.109. The lowest BCUT2D eigenvalue weighted by atomic mass is 9.73. The number of carbonyl (C=O) groups is 1. The van der Waals surface area contributed by atoms with Gasteiger partial charge in [-0.3, -0.25) is 0 Å². The molecular formula is C30H42O2. The Hall–Kier alpha value is -2.09. The third kappa shape index (κ3) is 6.70. The lowest BCUT2D eigenvalue weighted by Gasteiger charge is -2.33. The van der Waals surface area contributed by atoms with E-state index in [9.17, 15) is 4.79 Å². The van der Waals surface area contributed by atoms with E-state index in [2.05, 4.69) is 63.2 Å². The monoisotopic (exact) mass is 434 g/mol. The number of aldehydes is 1. The second-order valence-corrected chi connectivity index (χ2v) is 10.3. The molecule has 1 aliphatic rings. The summed E-state index contributed by atoms with van der Waals surface area (Å²) in [5.74, 6) is 1.88. The average molecular weight is 435 g/mol. The highest BCUT2D eigenvalue weighted by Gasteiger charge is 2.30. The van der Waals surface area contributed by atoms with Gasteiger partial charge in [-0.1, -0.05) is 102 Å². The first-order chi connectivity index (χ1) is 15.5. The third-order valence-electron chi connectivity index (χ3n) is 7.40. The molecule has 0 saturated heterocycles. The molecule has 0 N–H and O–H groups in total. The van der Waals surface area contributed by atoms with Gasteiger partial charge in [-0.15, -0.1) is 0 Å². The molecule has 2 atom stereocenters. The van der Waals surface area contributed by atoms with Crippen LogP contribution in [0.25, 0.3) is 0 Å². The van der Waals surface area contributed by atoms with E-state index in [1.54, 1.807) is 0 Å². The summed E-state index contributed by atoms with van der Waals surface area (Å²) in [7, 11) is 0. The number of hydrogen-bond acceptors (Lipinski definition) is 2. The van der Waals surface area contributed by atoms with Crippen molar-refractivity contribution in [1.82, 2.24) is 0 Å². The zero-order valence-electron chi connectivity index (χ0n) is 20.4. The third-order valence-corrected chi connectivity index (χ3v) is 7.40. The molecule has 2 unspecified atom stereocenters. The minimum Gasteiger partial charge on any atom is -0.489 e. The predicted molar refractivity (Wildman–Crippen MR) is 134 cm³/mol. The Bertz CT molecular complexity index is 824. The van der Waals surface area contributed by atoms with Crippen LogP contribution in [0.2, 0.25) is 0 Å². The lowest BCUT2D eigenvalue weighted by Crippen LogP contribution is -2.21. The summed E-state index contributed by atoms with van der Waals surface area (Å²) in [6.45, 7) is 7.58. The SMILES string of the molecule is CCCCCCC(C)(C)c1ccc(C2CCCCC2CC=O)c(OCc2ccccc2)c1. The maximum Gasteiger partial charge on any atom is 0.123 e. The Morgan fingerprint density at radius 3 is 2.53 bits per heavy atom. The average Bonchev–Trinajstić information content (AvgIpc) is 2.82. The highest BCUT2D eigenvalue weighted by molar-refractivity contribution is 5.51. The second-order valence-electron chi connectivity index (χ2n) is 10.3. The summed E-state index contributed by atoms with van der Waals surface area (Å²) in [6.07, 6.45) is 12.9. The summed E-state index contributed by atoms with van der Waals surface area (Å²) in [5, 5.41) is 0. The largest absolute Gasteiger partial charge is 0.489 e. The van der Waals surface area contributed by atoms with Crippen molar-refractivity contribution in [3.05, 3.63) is 65.2 Å². The first kappa shape index (κ1) is 24.6. The number of benzene rings is 2. The molecule has 2 nitrogen and oxygen atoms in total. The molecular weight excluding hydrogens is 392 g/mol. The van der Waals surface area contributed by atoms with Gasteiger partial charge < -0.3 is 9.53 Å². The van der Waals surface area contributed by atoms with Gasteiger partial charge in [-0.05, 0) is 59.3 Å². The van der Waals surface area contributed by atoms with E-state index >= 15 is 0 Å². The van der Waals surface area contributed by atoms with Gasteiger partial charge in [0.05, 0.1) is 0 Å². The Kier molecular flexibility index (Phi) is 9.38. The molecule has 0 amide bonds. The van der Waals surface area contributed by atoms with Crippen molar-refractivity contribution in [1.29, 1.82) is 0 Å². The van der Waals surface area contributed by atoms with Crippen molar-refractivity contribution in [2.75, 3.05) is 0 Å². The van der Waals surface area contributed by atoms with Crippen molar-refractivity contribution in [3.8, 4) is 5.75 Å². The molecule has 3 rings (SSSR count).